The predicted octanol–water partition coefficient (Wildman–Crippen LogP) is 5.04. The summed E-state index contributed by atoms with van der Waals surface area (Å²) in [5.41, 5.74) is 4.31. The molecule has 1 aromatic heterocycles. The molecule has 0 fully saturated rings. The van der Waals surface area contributed by atoms with Crippen molar-refractivity contribution >= 4 is 40.4 Å². The summed E-state index contributed by atoms with van der Waals surface area (Å²) < 4.78 is 5.38. The lowest BCUT2D eigenvalue weighted by molar-refractivity contribution is -0.131. The lowest BCUT2D eigenvalue weighted by atomic mass is 9.98. The Labute approximate surface area is 218 Å². The highest BCUT2D eigenvalue weighted by molar-refractivity contribution is 6.32. The summed E-state index contributed by atoms with van der Waals surface area (Å²) in [4.78, 5) is 27.2. The topological polar surface area (TPSA) is 119 Å². The van der Waals surface area contributed by atoms with Gasteiger partial charge in [0.25, 0.3) is 5.91 Å². The highest BCUT2D eigenvalue weighted by atomic mass is 35.5. The van der Waals surface area contributed by atoms with Crippen molar-refractivity contribution in [1.82, 2.24) is 10.3 Å². The summed E-state index contributed by atoms with van der Waals surface area (Å²) in [6.45, 7) is 0.604. The lowest BCUT2D eigenvalue weighted by Gasteiger charge is -2.21. The molecule has 0 aliphatic carbocycles. The van der Waals surface area contributed by atoms with E-state index in [1.54, 1.807) is 23.3 Å². The first-order valence-corrected chi connectivity index (χ1v) is 11.8. The average Bonchev–Trinajstić information content (AvgIpc) is 3.42. The number of nitrogens with zero attached hydrogens (tertiary/aromatic N) is 3. The zero-order valence-electron chi connectivity index (χ0n) is 19.7. The molecule has 0 saturated heterocycles. The van der Waals surface area contributed by atoms with Crippen LogP contribution in [0, 0.1) is 11.3 Å². The Morgan fingerprint density at radius 2 is 1.92 bits per heavy atom. The molecular formula is C28H23ClN4O4. The summed E-state index contributed by atoms with van der Waals surface area (Å²) in [5.74, 6) is -0.0445. The number of halogens is 1. The lowest BCUT2D eigenvalue weighted by Crippen LogP contribution is -2.32. The Balaban J connectivity index is 1.51. The van der Waals surface area contributed by atoms with Gasteiger partial charge in [-0.3, -0.25) is 9.59 Å². The first-order valence-electron chi connectivity index (χ1n) is 11.5. The smallest absolute Gasteiger partial charge is 0.271 e. The molecule has 8 nitrogen and oxygen atoms in total. The summed E-state index contributed by atoms with van der Waals surface area (Å²) in [6, 6.07) is 21.1. The number of benzene rings is 3. The summed E-state index contributed by atoms with van der Waals surface area (Å²) in [5, 5.41) is 24.4. The van der Waals surface area contributed by atoms with Gasteiger partial charge in [-0.15, -0.1) is 0 Å². The number of hydrogen-bond acceptors (Lipinski definition) is 6. The number of carbonyl (C=O) groups is 2. The molecule has 2 N–H and O–H groups in total. The Morgan fingerprint density at radius 1 is 1.11 bits per heavy atom. The van der Waals surface area contributed by atoms with Gasteiger partial charge in [-0.2, -0.15) is 10.4 Å². The van der Waals surface area contributed by atoms with E-state index in [1.165, 1.54) is 24.4 Å². The van der Waals surface area contributed by atoms with Crippen LogP contribution in [0.1, 0.15) is 33.7 Å². The highest BCUT2D eigenvalue weighted by Gasteiger charge is 2.17. The van der Waals surface area contributed by atoms with Gasteiger partial charge in [-0.05, 0) is 46.7 Å². The minimum absolute atomic E-state index is 0.0723. The molecule has 0 saturated carbocycles. The van der Waals surface area contributed by atoms with Crippen LogP contribution in [0.2, 0.25) is 5.02 Å². The van der Waals surface area contributed by atoms with Crippen molar-refractivity contribution < 1.29 is 19.1 Å². The Kier molecular flexibility index (Phi) is 8.18. The minimum Gasteiger partial charge on any atom is -0.506 e. The molecule has 0 unspecified atom stereocenters. The zero-order chi connectivity index (χ0) is 26.2. The number of carbonyl (C=O) groups excluding carboxylic acids is 2. The van der Waals surface area contributed by atoms with Crippen LogP contribution in [0.25, 0.3) is 10.8 Å². The molecule has 0 radical (unpaired) electrons. The van der Waals surface area contributed by atoms with Gasteiger partial charge in [0.1, 0.15) is 11.5 Å². The van der Waals surface area contributed by atoms with Gasteiger partial charge in [-0.25, -0.2) is 5.43 Å². The van der Waals surface area contributed by atoms with Crippen molar-refractivity contribution in [3.63, 3.8) is 0 Å². The average molecular weight is 515 g/mol. The maximum absolute atomic E-state index is 13.2. The van der Waals surface area contributed by atoms with Crippen molar-refractivity contribution in [2.45, 2.75) is 19.4 Å². The fourth-order valence-electron chi connectivity index (χ4n) is 3.87. The maximum atomic E-state index is 13.2. The van der Waals surface area contributed by atoms with Gasteiger partial charge in [0.15, 0.2) is 0 Å². The van der Waals surface area contributed by atoms with Gasteiger partial charge in [0.05, 0.1) is 43.0 Å². The maximum Gasteiger partial charge on any atom is 0.271 e. The van der Waals surface area contributed by atoms with Crippen LogP contribution in [0.4, 0.5) is 0 Å². The van der Waals surface area contributed by atoms with Crippen molar-refractivity contribution in [2.24, 2.45) is 5.10 Å². The van der Waals surface area contributed by atoms with Crippen LogP contribution < -0.4 is 5.43 Å². The molecular weight excluding hydrogens is 492 g/mol. The number of nitrogens with one attached hydrogen (secondary N) is 1. The molecule has 4 rings (SSSR count). The van der Waals surface area contributed by atoms with Gasteiger partial charge in [-0.1, -0.05) is 48.0 Å². The molecule has 0 aliphatic heterocycles. The van der Waals surface area contributed by atoms with Crippen molar-refractivity contribution in [3.05, 3.63) is 100 Å². The standard InChI is InChI=1S/C28H23ClN4O4/c29-25-15-20(10-11-26(25)34)28(36)32-31-17-21-9-8-19(23-6-1-2-7-24(21)23)16-27(35)33(13-4-12-30)18-22-5-3-14-37-22/h1-3,5-11,14-15,17,34H,4,13,16,18H2,(H,32,36). The highest BCUT2D eigenvalue weighted by Crippen LogP contribution is 2.24. The molecule has 0 spiro atoms. The van der Waals surface area contributed by atoms with E-state index in [0.717, 1.165) is 21.9 Å². The van der Waals surface area contributed by atoms with E-state index in [4.69, 9.17) is 21.3 Å². The largest absolute Gasteiger partial charge is 0.506 e. The number of amides is 2. The number of phenols is 1. The van der Waals surface area contributed by atoms with Crippen LogP contribution in [-0.4, -0.2) is 34.6 Å². The number of aromatic hydroxyl groups is 1. The second kappa shape index (κ2) is 11.9. The van der Waals surface area contributed by atoms with Crippen LogP contribution >= 0.6 is 11.6 Å². The SMILES string of the molecule is N#CCCN(Cc1ccco1)C(=O)Cc1ccc(C=NNC(=O)c2ccc(O)c(Cl)c2)c2ccccc12. The number of furan rings is 1. The first-order chi connectivity index (χ1) is 18.0. The van der Waals surface area contributed by atoms with E-state index in [-0.39, 0.29) is 35.1 Å². The summed E-state index contributed by atoms with van der Waals surface area (Å²) >= 11 is 5.87. The third-order valence-corrected chi connectivity index (χ3v) is 6.05. The van der Waals surface area contributed by atoms with Crippen LogP contribution in [-0.2, 0) is 17.8 Å². The van der Waals surface area contributed by atoms with Gasteiger partial charge < -0.3 is 14.4 Å². The summed E-state index contributed by atoms with van der Waals surface area (Å²) in [6.07, 6.45) is 3.47. The van der Waals surface area contributed by atoms with E-state index < -0.39 is 5.91 Å². The van der Waals surface area contributed by atoms with E-state index in [2.05, 4.69) is 16.6 Å². The zero-order valence-corrected chi connectivity index (χ0v) is 20.5. The number of nitriles is 1. The van der Waals surface area contributed by atoms with Gasteiger partial charge in [0, 0.05) is 17.7 Å². The molecule has 3 aromatic carbocycles. The van der Waals surface area contributed by atoms with E-state index >= 15 is 0 Å². The van der Waals surface area contributed by atoms with Crippen molar-refractivity contribution in [2.75, 3.05) is 6.54 Å². The van der Waals surface area contributed by atoms with Gasteiger partial charge in [0.2, 0.25) is 5.91 Å². The molecule has 186 valence electrons. The Bertz CT molecular complexity index is 1490. The second-order valence-corrected chi connectivity index (χ2v) is 8.61. The first kappa shape index (κ1) is 25.5. The fraction of sp³-hybridized carbons (Fsp3) is 0.143. The van der Waals surface area contributed by atoms with E-state index in [9.17, 15) is 14.7 Å². The number of phenolic OH excluding ortho intramolecular Hbond substituents is 1. The number of hydrazone groups is 1. The van der Waals surface area contributed by atoms with Crippen LogP contribution in [0.5, 0.6) is 5.75 Å². The number of rotatable bonds is 9. The summed E-state index contributed by atoms with van der Waals surface area (Å²) in [7, 11) is 0. The number of hydrogen-bond donors (Lipinski definition) is 2. The molecule has 37 heavy (non-hydrogen) atoms. The molecule has 9 heteroatoms. The Hall–Kier alpha value is -4.61. The fourth-order valence-corrected chi connectivity index (χ4v) is 4.05. The van der Waals surface area contributed by atoms with Gasteiger partial charge >= 0.3 is 0 Å². The van der Waals surface area contributed by atoms with E-state index in [0.29, 0.717) is 18.8 Å². The number of fused-ring (bicyclic) bond motifs is 1. The van der Waals surface area contributed by atoms with Crippen LogP contribution in [0.15, 0.2) is 82.5 Å². The molecule has 0 atom stereocenters. The van der Waals surface area contributed by atoms with Crippen molar-refractivity contribution in [1.29, 1.82) is 5.26 Å². The predicted molar refractivity (Wildman–Crippen MR) is 140 cm³/mol. The molecule has 2 amide bonds. The van der Waals surface area contributed by atoms with Crippen molar-refractivity contribution in [3.8, 4) is 11.8 Å². The third kappa shape index (κ3) is 6.34. The van der Waals surface area contributed by atoms with E-state index in [1.807, 2.05) is 36.4 Å². The quantitative estimate of drug-likeness (QED) is 0.239. The van der Waals surface area contributed by atoms with Crippen LogP contribution in [0.3, 0.4) is 0 Å². The minimum atomic E-state index is -0.473. The normalized spacial score (nSPS) is 10.9. The molecule has 0 aliphatic rings. The monoisotopic (exact) mass is 514 g/mol. The molecule has 1 heterocycles. The second-order valence-electron chi connectivity index (χ2n) is 8.20. The molecule has 4 aromatic rings. The molecule has 0 bridgehead atoms. The third-order valence-electron chi connectivity index (χ3n) is 5.74. The Morgan fingerprint density at radius 3 is 2.65 bits per heavy atom.